The molecule has 0 aliphatic heterocycles. The van der Waals surface area contributed by atoms with Gasteiger partial charge < -0.3 is 15.5 Å². The van der Waals surface area contributed by atoms with Crippen molar-refractivity contribution in [2.24, 2.45) is 46.8 Å². The molecule has 2 aromatic rings. The van der Waals surface area contributed by atoms with E-state index in [1.807, 2.05) is 24.3 Å². The number of benzene rings is 2. The summed E-state index contributed by atoms with van der Waals surface area (Å²) in [7, 11) is -3.98. The van der Waals surface area contributed by atoms with Crippen LogP contribution in [0.4, 0.5) is 4.79 Å². The molecule has 0 radical (unpaired) electrons. The Labute approximate surface area is 264 Å². The third-order valence-electron chi connectivity index (χ3n) is 12.2. The highest BCUT2D eigenvalue weighted by Crippen LogP contribution is 2.63. The average Bonchev–Trinajstić information content (AvgIpc) is 3.35. The predicted molar refractivity (Wildman–Crippen MR) is 175 cm³/mol. The Morgan fingerprint density at radius 1 is 1.00 bits per heavy atom. The van der Waals surface area contributed by atoms with Crippen LogP contribution in [-0.4, -0.2) is 43.4 Å². The minimum Gasteiger partial charge on any atom is -0.393 e. The van der Waals surface area contributed by atoms with E-state index in [9.17, 15) is 23.4 Å². The van der Waals surface area contributed by atoms with Crippen molar-refractivity contribution in [3.63, 3.8) is 0 Å². The number of sulfonamides is 1. The molecule has 0 aromatic heterocycles. The maximum absolute atomic E-state index is 12.9. The van der Waals surface area contributed by atoms with Crippen LogP contribution in [0.5, 0.6) is 0 Å². The van der Waals surface area contributed by atoms with Gasteiger partial charge >= 0.3 is 6.03 Å². The summed E-state index contributed by atoms with van der Waals surface area (Å²) < 4.78 is 28.0. The van der Waals surface area contributed by atoms with Crippen LogP contribution >= 0.6 is 0 Å². The van der Waals surface area contributed by atoms with Crippen molar-refractivity contribution >= 4 is 26.8 Å². The van der Waals surface area contributed by atoms with Crippen molar-refractivity contribution in [2.75, 3.05) is 6.54 Å². The van der Waals surface area contributed by atoms with E-state index >= 15 is 0 Å². The lowest BCUT2D eigenvalue weighted by Crippen LogP contribution is -2.50. The van der Waals surface area contributed by atoms with Gasteiger partial charge in [0.1, 0.15) is 0 Å². The molecule has 244 valence electrons. The van der Waals surface area contributed by atoms with Gasteiger partial charge in [-0.2, -0.15) is 0 Å². The molecule has 3 unspecified atom stereocenters. The van der Waals surface area contributed by atoms with Gasteiger partial charge in [0.05, 0.1) is 17.1 Å². The van der Waals surface area contributed by atoms with Crippen molar-refractivity contribution < 1.29 is 23.4 Å². The fraction of sp³-hybridized carbons (Fsp3) is 0.694. The summed E-state index contributed by atoms with van der Waals surface area (Å²) in [6.45, 7) is 9.66. The van der Waals surface area contributed by atoms with Crippen LogP contribution in [0.1, 0.15) is 91.9 Å². The molecule has 3 aliphatic rings. The summed E-state index contributed by atoms with van der Waals surface area (Å²) in [6, 6.07) is 11.7. The number of aliphatic hydroxyl groups is 2. The molecular weight excluding hydrogens is 572 g/mol. The number of urea groups is 1. The lowest BCUT2D eigenvalue weighted by molar-refractivity contribution is -0.100. The first-order chi connectivity index (χ1) is 20.9. The van der Waals surface area contributed by atoms with Crippen molar-refractivity contribution in [3.05, 3.63) is 42.5 Å². The number of amides is 2. The largest absolute Gasteiger partial charge is 0.393 e. The zero-order valence-corrected chi connectivity index (χ0v) is 27.9. The molecule has 3 aliphatic carbocycles. The summed E-state index contributed by atoms with van der Waals surface area (Å²) in [5.41, 5.74) is 0.144. The monoisotopic (exact) mass is 626 g/mol. The van der Waals surface area contributed by atoms with Gasteiger partial charge in [0, 0.05) is 6.54 Å². The second-order valence-corrected chi connectivity index (χ2v) is 16.3. The maximum atomic E-state index is 12.9. The Morgan fingerprint density at radius 3 is 2.48 bits per heavy atom. The Bertz CT molecular complexity index is 1400. The Kier molecular flexibility index (Phi) is 10.3. The van der Waals surface area contributed by atoms with E-state index in [2.05, 4.69) is 37.7 Å². The fourth-order valence-corrected chi connectivity index (χ4v) is 10.6. The number of aliphatic hydroxyl groups excluding tert-OH is 2. The number of hydrogen-bond donors (Lipinski definition) is 4. The topological polar surface area (TPSA) is 116 Å². The molecule has 5 rings (SSSR count). The lowest BCUT2D eigenvalue weighted by atomic mass is 9.52. The quantitative estimate of drug-likeness (QED) is 0.268. The number of nitrogens with one attached hydrogen (secondary N) is 2. The average molecular weight is 627 g/mol. The van der Waals surface area contributed by atoms with Crippen LogP contribution < -0.4 is 10.0 Å². The van der Waals surface area contributed by atoms with Gasteiger partial charge in [0.25, 0.3) is 10.0 Å². The second-order valence-electron chi connectivity index (χ2n) is 14.7. The predicted octanol–water partition coefficient (Wildman–Crippen LogP) is 6.87. The zero-order chi connectivity index (χ0) is 31.6. The molecular formula is C36H54N2O5S. The molecule has 7 nitrogen and oxygen atoms in total. The zero-order valence-electron chi connectivity index (χ0n) is 27.0. The normalized spacial score (nSPS) is 35.3. The van der Waals surface area contributed by atoms with Gasteiger partial charge in [-0.3, -0.25) is 0 Å². The van der Waals surface area contributed by atoms with E-state index in [-0.39, 0.29) is 28.4 Å². The first kappa shape index (κ1) is 33.2. The van der Waals surface area contributed by atoms with Crippen LogP contribution in [-0.2, 0) is 10.0 Å². The Hall–Kier alpha value is -2.16. The van der Waals surface area contributed by atoms with Crippen molar-refractivity contribution in [1.82, 2.24) is 10.0 Å². The molecule has 3 saturated carbocycles. The smallest absolute Gasteiger partial charge is 0.328 e. The minimum absolute atomic E-state index is 0.0683. The van der Waals surface area contributed by atoms with E-state index in [0.717, 1.165) is 75.0 Å². The van der Waals surface area contributed by atoms with Crippen LogP contribution in [0.3, 0.4) is 0 Å². The van der Waals surface area contributed by atoms with Gasteiger partial charge in [-0.1, -0.05) is 64.4 Å². The number of carbonyl (C=O) groups is 1. The van der Waals surface area contributed by atoms with Crippen LogP contribution in [0.15, 0.2) is 47.4 Å². The van der Waals surface area contributed by atoms with Gasteiger partial charge in [0.2, 0.25) is 0 Å². The third-order valence-corrected chi connectivity index (χ3v) is 13.6. The summed E-state index contributed by atoms with van der Waals surface area (Å²) in [5.74, 6) is 2.86. The van der Waals surface area contributed by atoms with E-state index < -0.39 is 16.1 Å². The van der Waals surface area contributed by atoms with Crippen molar-refractivity contribution in [1.29, 1.82) is 0 Å². The molecule has 0 spiro atoms. The van der Waals surface area contributed by atoms with Crippen molar-refractivity contribution in [2.45, 2.75) is 109 Å². The summed E-state index contributed by atoms with van der Waals surface area (Å²) in [6.07, 6.45) is 9.25. The molecule has 0 bridgehead atoms. The fourth-order valence-electron chi connectivity index (χ4n) is 9.67. The van der Waals surface area contributed by atoms with Gasteiger partial charge in [-0.15, -0.1) is 0 Å². The molecule has 2 amide bonds. The summed E-state index contributed by atoms with van der Waals surface area (Å²) >= 11 is 0. The van der Waals surface area contributed by atoms with Gasteiger partial charge in [0.15, 0.2) is 0 Å². The third kappa shape index (κ3) is 6.82. The van der Waals surface area contributed by atoms with Gasteiger partial charge in [-0.25, -0.2) is 17.9 Å². The van der Waals surface area contributed by atoms with Gasteiger partial charge in [-0.05, 0) is 128 Å². The molecule has 0 heterocycles. The molecule has 2 aromatic carbocycles. The molecule has 4 N–H and O–H groups in total. The van der Waals surface area contributed by atoms with E-state index in [4.69, 9.17) is 0 Å². The number of fused-ring (bicyclic) bond motifs is 4. The molecule has 8 heteroatoms. The number of hydrogen-bond acceptors (Lipinski definition) is 5. The van der Waals surface area contributed by atoms with Crippen LogP contribution in [0.25, 0.3) is 10.8 Å². The van der Waals surface area contributed by atoms with E-state index in [0.29, 0.717) is 42.1 Å². The molecule has 3 fully saturated rings. The molecule has 10 atom stereocenters. The SMILES string of the molecule is CC[C@@H]1CC[C@H](O)CCC(C)[C@H]2CCC3(C)C([C@H](C)CCNC(=O)NS(=O)(=O)c4ccc5ccccc5c4)CC[C@H]3[C@@H]2[C@@H]1O. The number of rotatable bonds is 7. The highest BCUT2D eigenvalue weighted by molar-refractivity contribution is 7.90. The van der Waals surface area contributed by atoms with Crippen LogP contribution in [0, 0.1) is 46.8 Å². The summed E-state index contributed by atoms with van der Waals surface area (Å²) in [5, 5.41) is 27.0. The Balaban J connectivity index is 1.20. The van der Waals surface area contributed by atoms with E-state index in [1.165, 1.54) is 6.07 Å². The highest BCUT2D eigenvalue weighted by Gasteiger charge is 2.57. The second kappa shape index (κ2) is 13.7. The van der Waals surface area contributed by atoms with Crippen LogP contribution in [0.2, 0.25) is 0 Å². The summed E-state index contributed by atoms with van der Waals surface area (Å²) in [4.78, 5) is 12.7. The standard InChI is InChI=1S/C36H54N2O5S/c1-5-25-11-14-28(39)13-10-23(2)30-18-20-36(4)31(16-17-32(36)33(30)34(25)40)24(3)19-21-37-35(41)38-44(42,43)29-15-12-26-8-6-7-9-27(26)22-29/h6-9,12,15,22-25,28,30-34,39-40H,5,10-11,13-14,16-21H2,1-4H3,(H2,37,38,41)/t23?,24-,25-,28-,30-,31?,32+,33-,34-,36?/m1/s1. The minimum atomic E-state index is -3.98. The lowest BCUT2D eigenvalue weighted by Gasteiger charge is -2.54. The number of carbonyl (C=O) groups excluding carboxylic acids is 1. The van der Waals surface area contributed by atoms with E-state index in [1.54, 1.807) is 12.1 Å². The first-order valence-corrected chi connectivity index (χ1v) is 18.6. The van der Waals surface area contributed by atoms with Crippen molar-refractivity contribution in [3.8, 4) is 0 Å². The maximum Gasteiger partial charge on any atom is 0.328 e. The Morgan fingerprint density at radius 2 is 1.73 bits per heavy atom. The molecule has 0 saturated heterocycles. The molecule has 44 heavy (non-hydrogen) atoms. The highest BCUT2D eigenvalue weighted by atomic mass is 32.2. The first-order valence-electron chi connectivity index (χ1n) is 17.1.